The number of amides is 1. The van der Waals surface area contributed by atoms with Gasteiger partial charge in [-0.3, -0.25) is 0 Å². The van der Waals surface area contributed by atoms with Crippen LogP contribution in [0.15, 0.2) is 24.3 Å². The summed E-state index contributed by atoms with van der Waals surface area (Å²) in [6.45, 7) is 5.89. The third kappa shape index (κ3) is 4.29. The van der Waals surface area contributed by atoms with Gasteiger partial charge in [0.15, 0.2) is 0 Å². The molecule has 0 radical (unpaired) electrons. The van der Waals surface area contributed by atoms with Gasteiger partial charge in [-0.05, 0) is 39.0 Å². The fourth-order valence-corrected chi connectivity index (χ4v) is 1.93. The van der Waals surface area contributed by atoms with Gasteiger partial charge in [-0.1, -0.05) is 6.07 Å². The van der Waals surface area contributed by atoms with E-state index in [1.54, 1.807) is 20.8 Å². The van der Waals surface area contributed by atoms with Crippen molar-refractivity contribution in [2.24, 2.45) is 0 Å². The highest BCUT2D eigenvalue weighted by atomic mass is 19.4. The van der Waals surface area contributed by atoms with E-state index in [1.165, 1.54) is 17.0 Å². The smallest absolute Gasteiger partial charge is 0.416 e. The average molecular weight is 317 g/mol. The van der Waals surface area contributed by atoms with Crippen molar-refractivity contribution < 1.29 is 27.4 Å². The second-order valence-corrected chi connectivity index (χ2v) is 6.15. The molecule has 0 aliphatic carbocycles. The number of hydrogen-bond acceptors (Lipinski definition) is 3. The SMILES string of the molecule is CC(C)(C)OC(=O)N1CC(Oc2cccc(C(F)(F)F)c2)C1. The summed E-state index contributed by atoms with van der Waals surface area (Å²) >= 11 is 0. The first kappa shape index (κ1) is 16.5. The van der Waals surface area contributed by atoms with E-state index in [2.05, 4.69) is 0 Å². The molecule has 1 aromatic carbocycles. The lowest BCUT2D eigenvalue weighted by molar-refractivity contribution is -0.137. The number of hydrogen-bond donors (Lipinski definition) is 0. The molecule has 1 aromatic rings. The summed E-state index contributed by atoms with van der Waals surface area (Å²) in [7, 11) is 0. The second-order valence-electron chi connectivity index (χ2n) is 6.15. The van der Waals surface area contributed by atoms with Crippen LogP contribution in [0, 0.1) is 0 Å². The Labute approximate surface area is 126 Å². The zero-order valence-corrected chi connectivity index (χ0v) is 12.6. The highest BCUT2D eigenvalue weighted by Crippen LogP contribution is 2.32. The molecule has 1 saturated heterocycles. The Bertz CT molecular complexity index is 546. The number of nitrogens with zero attached hydrogens (tertiary/aromatic N) is 1. The molecule has 1 aliphatic heterocycles. The number of halogens is 3. The number of carbonyl (C=O) groups is 1. The highest BCUT2D eigenvalue weighted by molar-refractivity contribution is 5.69. The molecule has 0 aromatic heterocycles. The van der Waals surface area contributed by atoms with Crippen LogP contribution >= 0.6 is 0 Å². The quantitative estimate of drug-likeness (QED) is 0.835. The molecule has 0 unspecified atom stereocenters. The molecule has 22 heavy (non-hydrogen) atoms. The van der Waals surface area contributed by atoms with Crippen LogP contribution in [-0.4, -0.2) is 35.8 Å². The van der Waals surface area contributed by atoms with Gasteiger partial charge in [-0.15, -0.1) is 0 Å². The molecule has 0 saturated carbocycles. The van der Waals surface area contributed by atoms with Crippen molar-refractivity contribution >= 4 is 6.09 Å². The summed E-state index contributed by atoms with van der Waals surface area (Å²) in [6, 6.07) is 4.70. The van der Waals surface area contributed by atoms with E-state index < -0.39 is 23.4 Å². The van der Waals surface area contributed by atoms with Crippen LogP contribution in [0.4, 0.5) is 18.0 Å². The lowest BCUT2D eigenvalue weighted by Crippen LogP contribution is -2.57. The molecule has 0 atom stereocenters. The Hall–Kier alpha value is -1.92. The van der Waals surface area contributed by atoms with Gasteiger partial charge in [-0.25, -0.2) is 4.79 Å². The molecule has 1 fully saturated rings. The molecule has 0 bridgehead atoms. The van der Waals surface area contributed by atoms with Gasteiger partial charge in [-0.2, -0.15) is 13.2 Å². The van der Waals surface area contributed by atoms with Crippen molar-refractivity contribution in [3.05, 3.63) is 29.8 Å². The van der Waals surface area contributed by atoms with E-state index in [9.17, 15) is 18.0 Å². The minimum Gasteiger partial charge on any atom is -0.487 e. The summed E-state index contributed by atoms with van der Waals surface area (Å²) in [5.41, 5.74) is -1.34. The first-order chi connectivity index (χ1) is 10.0. The van der Waals surface area contributed by atoms with E-state index >= 15 is 0 Å². The lowest BCUT2D eigenvalue weighted by atomic mass is 10.1. The standard InChI is InChI=1S/C15H18F3NO3/c1-14(2,3)22-13(20)19-8-12(9-19)21-11-6-4-5-10(7-11)15(16,17)18/h4-7,12H,8-9H2,1-3H3. The van der Waals surface area contributed by atoms with Crippen molar-refractivity contribution in [1.29, 1.82) is 0 Å². The van der Waals surface area contributed by atoms with Crippen LogP contribution in [0.5, 0.6) is 5.75 Å². The molecule has 2 rings (SSSR count). The predicted octanol–water partition coefficient (Wildman–Crippen LogP) is 3.70. The van der Waals surface area contributed by atoms with E-state index in [-0.39, 0.29) is 11.9 Å². The summed E-state index contributed by atoms with van der Waals surface area (Å²) in [5.74, 6) is 0.142. The van der Waals surface area contributed by atoms with Crippen LogP contribution in [0.3, 0.4) is 0 Å². The summed E-state index contributed by atoms with van der Waals surface area (Å²) in [4.78, 5) is 13.2. The maximum Gasteiger partial charge on any atom is 0.416 e. The molecule has 7 heteroatoms. The van der Waals surface area contributed by atoms with Gasteiger partial charge in [0.2, 0.25) is 0 Å². The third-order valence-electron chi connectivity index (χ3n) is 2.96. The first-order valence-electron chi connectivity index (χ1n) is 6.86. The minimum atomic E-state index is -4.40. The zero-order valence-electron chi connectivity index (χ0n) is 12.6. The number of rotatable bonds is 2. The van der Waals surface area contributed by atoms with Crippen LogP contribution in [0.2, 0.25) is 0 Å². The van der Waals surface area contributed by atoms with Crippen LogP contribution in [0.1, 0.15) is 26.3 Å². The maximum atomic E-state index is 12.6. The predicted molar refractivity (Wildman–Crippen MR) is 73.7 cm³/mol. The fraction of sp³-hybridized carbons (Fsp3) is 0.533. The number of carbonyl (C=O) groups excluding carboxylic acids is 1. The minimum absolute atomic E-state index is 0.142. The third-order valence-corrected chi connectivity index (χ3v) is 2.96. The first-order valence-corrected chi connectivity index (χ1v) is 6.86. The van der Waals surface area contributed by atoms with E-state index in [0.717, 1.165) is 12.1 Å². The van der Waals surface area contributed by atoms with Gasteiger partial charge < -0.3 is 14.4 Å². The van der Waals surface area contributed by atoms with Crippen molar-refractivity contribution in [2.45, 2.75) is 38.7 Å². The van der Waals surface area contributed by atoms with Gasteiger partial charge in [0.1, 0.15) is 17.5 Å². The van der Waals surface area contributed by atoms with E-state index in [4.69, 9.17) is 9.47 Å². The largest absolute Gasteiger partial charge is 0.487 e. The molecule has 122 valence electrons. The summed E-state index contributed by atoms with van der Waals surface area (Å²) < 4.78 is 48.4. The molecule has 0 N–H and O–H groups in total. The number of alkyl halides is 3. The van der Waals surface area contributed by atoms with Gasteiger partial charge >= 0.3 is 12.3 Å². The molecule has 1 heterocycles. The molecular weight excluding hydrogens is 299 g/mol. The molecule has 1 amide bonds. The second kappa shape index (κ2) is 5.70. The Kier molecular flexibility index (Phi) is 4.26. The van der Waals surface area contributed by atoms with Crippen LogP contribution in [0.25, 0.3) is 0 Å². The normalized spacial score (nSPS) is 16.2. The summed E-state index contributed by atoms with van der Waals surface area (Å²) in [6.07, 6.45) is -5.17. The number of ether oxygens (including phenoxy) is 2. The fourth-order valence-electron chi connectivity index (χ4n) is 1.93. The molecule has 4 nitrogen and oxygen atoms in total. The highest BCUT2D eigenvalue weighted by Gasteiger charge is 2.36. The molecule has 0 spiro atoms. The lowest BCUT2D eigenvalue weighted by Gasteiger charge is -2.39. The van der Waals surface area contributed by atoms with Gasteiger partial charge in [0, 0.05) is 0 Å². The van der Waals surface area contributed by atoms with Crippen LogP contribution in [-0.2, 0) is 10.9 Å². The number of benzene rings is 1. The Morgan fingerprint density at radius 3 is 2.41 bits per heavy atom. The van der Waals surface area contributed by atoms with Crippen molar-refractivity contribution in [3.63, 3.8) is 0 Å². The Morgan fingerprint density at radius 1 is 1.23 bits per heavy atom. The van der Waals surface area contributed by atoms with Crippen molar-refractivity contribution in [3.8, 4) is 5.75 Å². The van der Waals surface area contributed by atoms with Crippen molar-refractivity contribution in [1.82, 2.24) is 4.90 Å². The molecular formula is C15H18F3NO3. The monoisotopic (exact) mass is 317 g/mol. The number of likely N-dealkylation sites (tertiary alicyclic amines) is 1. The topological polar surface area (TPSA) is 38.8 Å². The Morgan fingerprint density at radius 2 is 1.86 bits per heavy atom. The Balaban J connectivity index is 1.87. The maximum absolute atomic E-state index is 12.6. The zero-order chi connectivity index (χ0) is 16.5. The molecule has 1 aliphatic rings. The van der Waals surface area contributed by atoms with E-state index in [0.29, 0.717) is 13.1 Å². The average Bonchev–Trinajstić information content (AvgIpc) is 2.30. The van der Waals surface area contributed by atoms with Gasteiger partial charge in [0.25, 0.3) is 0 Å². The van der Waals surface area contributed by atoms with Crippen molar-refractivity contribution in [2.75, 3.05) is 13.1 Å². The van der Waals surface area contributed by atoms with Crippen LogP contribution < -0.4 is 4.74 Å². The van der Waals surface area contributed by atoms with Gasteiger partial charge in [0.05, 0.1) is 18.7 Å². The van der Waals surface area contributed by atoms with E-state index in [1.807, 2.05) is 0 Å². The summed E-state index contributed by atoms with van der Waals surface area (Å²) in [5, 5.41) is 0.